The first-order valence-electron chi connectivity index (χ1n) is 5.57. The lowest BCUT2D eigenvalue weighted by molar-refractivity contribution is -0.384. The molecule has 0 aliphatic carbocycles. The van der Waals surface area contributed by atoms with Crippen LogP contribution in [-0.4, -0.2) is 30.1 Å². The number of nitrogens with zero attached hydrogens (tertiary/aromatic N) is 1. The van der Waals surface area contributed by atoms with Crippen LogP contribution in [0.4, 0.5) is 11.4 Å². The molecule has 2 rings (SSSR count). The van der Waals surface area contributed by atoms with Gasteiger partial charge in [-0.1, -0.05) is 15.9 Å². The van der Waals surface area contributed by atoms with Crippen LogP contribution in [0.25, 0.3) is 0 Å². The van der Waals surface area contributed by atoms with Crippen LogP contribution in [0.3, 0.4) is 0 Å². The van der Waals surface area contributed by atoms with Crippen LogP contribution in [0.15, 0.2) is 22.7 Å². The van der Waals surface area contributed by atoms with Crippen molar-refractivity contribution in [2.24, 2.45) is 11.7 Å². The van der Waals surface area contributed by atoms with Crippen LogP contribution in [0.1, 0.15) is 0 Å². The Hall–Kier alpha value is -1.51. The lowest BCUT2D eigenvalue weighted by atomic mass is 10.0. The van der Waals surface area contributed by atoms with Crippen LogP contribution in [0.5, 0.6) is 0 Å². The summed E-state index contributed by atoms with van der Waals surface area (Å²) in [5, 5.41) is 13.5. The molecule has 102 valence electrons. The third-order valence-corrected chi connectivity index (χ3v) is 3.37. The minimum Gasteiger partial charge on any atom is -0.379 e. The largest absolute Gasteiger partial charge is 0.379 e. The first kappa shape index (κ1) is 13.9. The molecule has 1 aliphatic rings. The number of nitro groups is 1. The van der Waals surface area contributed by atoms with E-state index in [4.69, 9.17) is 10.5 Å². The van der Waals surface area contributed by atoms with Gasteiger partial charge in [-0.2, -0.15) is 0 Å². The Morgan fingerprint density at radius 3 is 2.84 bits per heavy atom. The Morgan fingerprint density at radius 2 is 2.26 bits per heavy atom. The summed E-state index contributed by atoms with van der Waals surface area (Å²) in [4.78, 5) is 22.4. The molecule has 7 nitrogen and oxygen atoms in total. The molecule has 19 heavy (non-hydrogen) atoms. The van der Waals surface area contributed by atoms with E-state index in [1.54, 1.807) is 6.07 Å². The van der Waals surface area contributed by atoms with Gasteiger partial charge in [-0.3, -0.25) is 14.9 Å². The number of hydrogen-bond donors (Lipinski definition) is 2. The van der Waals surface area contributed by atoms with Gasteiger partial charge in [0.1, 0.15) is 5.69 Å². The molecule has 0 aromatic heterocycles. The second-order valence-corrected chi connectivity index (χ2v) is 5.13. The molecule has 3 N–H and O–H groups in total. The highest BCUT2D eigenvalue weighted by Gasteiger charge is 2.32. The number of nitro benzene ring substituents is 1. The number of hydrogen-bond acceptors (Lipinski definition) is 5. The van der Waals surface area contributed by atoms with Crippen LogP contribution < -0.4 is 11.1 Å². The van der Waals surface area contributed by atoms with Gasteiger partial charge in [0.2, 0.25) is 5.91 Å². The van der Waals surface area contributed by atoms with Gasteiger partial charge in [0.15, 0.2) is 0 Å². The highest BCUT2D eigenvalue weighted by Crippen LogP contribution is 2.28. The molecule has 1 amide bonds. The second kappa shape index (κ2) is 5.64. The average molecular weight is 330 g/mol. The third-order valence-electron chi connectivity index (χ3n) is 2.88. The Morgan fingerprint density at radius 1 is 1.53 bits per heavy atom. The standard InChI is InChI=1S/C11H12BrN3O4/c12-6-1-2-9(10(3-6)15(17)18)14-11(16)7-4-19-5-8(7)13/h1-3,7-8H,4-5,13H2,(H,14,16). The molecule has 0 radical (unpaired) electrons. The van der Waals surface area contributed by atoms with Crippen molar-refractivity contribution in [2.75, 3.05) is 18.5 Å². The van der Waals surface area contributed by atoms with Crippen molar-refractivity contribution in [1.29, 1.82) is 0 Å². The van der Waals surface area contributed by atoms with E-state index >= 15 is 0 Å². The molecule has 1 fully saturated rings. The molecule has 0 bridgehead atoms. The zero-order chi connectivity index (χ0) is 14.0. The summed E-state index contributed by atoms with van der Waals surface area (Å²) >= 11 is 3.15. The molecule has 1 saturated heterocycles. The third kappa shape index (κ3) is 3.09. The Kier molecular flexibility index (Phi) is 4.13. The van der Waals surface area contributed by atoms with E-state index in [1.165, 1.54) is 12.1 Å². The molecule has 1 aliphatic heterocycles. The summed E-state index contributed by atoms with van der Waals surface area (Å²) in [5.41, 5.74) is 5.71. The van der Waals surface area contributed by atoms with Crippen molar-refractivity contribution in [3.05, 3.63) is 32.8 Å². The lowest BCUT2D eigenvalue weighted by Crippen LogP contribution is -2.37. The van der Waals surface area contributed by atoms with Crippen molar-refractivity contribution >= 4 is 33.2 Å². The van der Waals surface area contributed by atoms with E-state index in [9.17, 15) is 14.9 Å². The number of amides is 1. The predicted molar refractivity (Wildman–Crippen MR) is 71.7 cm³/mol. The topological polar surface area (TPSA) is 107 Å². The van der Waals surface area contributed by atoms with E-state index in [1.807, 2.05) is 0 Å². The normalized spacial score (nSPS) is 22.2. The Balaban J connectivity index is 2.19. The molecular weight excluding hydrogens is 318 g/mol. The van der Waals surface area contributed by atoms with E-state index < -0.39 is 10.8 Å². The first-order valence-corrected chi connectivity index (χ1v) is 6.36. The number of nitrogens with one attached hydrogen (secondary N) is 1. The monoisotopic (exact) mass is 329 g/mol. The molecule has 1 heterocycles. The van der Waals surface area contributed by atoms with Crippen LogP contribution in [0.2, 0.25) is 0 Å². The number of rotatable bonds is 3. The number of nitrogens with two attached hydrogens (primary N) is 1. The van der Waals surface area contributed by atoms with Gasteiger partial charge in [0, 0.05) is 16.6 Å². The highest BCUT2D eigenvalue weighted by molar-refractivity contribution is 9.10. The predicted octanol–water partition coefficient (Wildman–Crippen LogP) is 1.27. The maximum Gasteiger partial charge on any atom is 0.293 e. The van der Waals surface area contributed by atoms with Crippen molar-refractivity contribution in [1.82, 2.24) is 0 Å². The minimum atomic E-state index is -0.550. The summed E-state index contributed by atoms with van der Waals surface area (Å²) in [5.74, 6) is -0.848. The molecule has 1 aromatic rings. The molecule has 1 aromatic carbocycles. The van der Waals surface area contributed by atoms with Crippen molar-refractivity contribution in [2.45, 2.75) is 6.04 Å². The van der Waals surface area contributed by atoms with Crippen molar-refractivity contribution in [3.8, 4) is 0 Å². The first-order chi connectivity index (χ1) is 8.99. The fourth-order valence-electron chi connectivity index (χ4n) is 1.83. The molecule has 2 unspecified atom stereocenters. The van der Waals surface area contributed by atoms with Crippen LogP contribution in [0, 0.1) is 16.0 Å². The number of benzene rings is 1. The second-order valence-electron chi connectivity index (χ2n) is 4.22. The van der Waals surface area contributed by atoms with Gasteiger partial charge >= 0.3 is 0 Å². The van der Waals surface area contributed by atoms with Crippen molar-refractivity contribution in [3.63, 3.8) is 0 Å². The number of ether oxygens (including phenoxy) is 1. The van der Waals surface area contributed by atoms with E-state index in [2.05, 4.69) is 21.2 Å². The Labute approximate surface area is 117 Å². The van der Waals surface area contributed by atoms with Gasteiger partial charge in [-0.25, -0.2) is 0 Å². The summed E-state index contributed by atoms with van der Waals surface area (Å²) in [6.45, 7) is 0.553. The maximum absolute atomic E-state index is 12.0. The van der Waals surface area contributed by atoms with Gasteiger partial charge in [-0.05, 0) is 12.1 Å². The zero-order valence-electron chi connectivity index (χ0n) is 9.84. The number of carbonyl (C=O) groups excluding carboxylic acids is 1. The summed E-state index contributed by atoms with van der Waals surface area (Å²) < 4.78 is 5.67. The SMILES string of the molecule is NC1COCC1C(=O)Nc1ccc(Br)cc1[N+](=O)[O-]. The summed E-state index contributed by atoms with van der Waals surface area (Å²) in [6, 6.07) is 4.05. The average Bonchev–Trinajstić information content (AvgIpc) is 2.77. The maximum atomic E-state index is 12.0. The smallest absolute Gasteiger partial charge is 0.293 e. The molecule has 0 saturated carbocycles. The molecule has 8 heteroatoms. The lowest BCUT2D eigenvalue weighted by Gasteiger charge is -2.13. The quantitative estimate of drug-likeness (QED) is 0.641. The molecular formula is C11H12BrN3O4. The summed E-state index contributed by atoms with van der Waals surface area (Å²) in [6.07, 6.45) is 0. The van der Waals surface area contributed by atoms with E-state index in [0.29, 0.717) is 11.1 Å². The fourth-order valence-corrected chi connectivity index (χ4v) is 2.18. The zero-order valence-corrected chi connectivity index (χ0v) is 11.4. The molecule has 0 spiro atoms. The van der Waals surface area contributed by atoms with Crippen LogP contribution >= 0.6 is 15.9 Å². The van der Waals surface area contributed by atoms with Crippen molar-refractivity contribution < 1.29 is 14.5 Å². The van der Waals surface area contributed by atoms with Crippen LogP contribution in [-0.2, 0) is 9.53 Å². The van der Waals surface area contributed by atoms with Gasteiger partial charge in [0.05, 0.1) is 24.1 Å². The fraction of sp³-hybridized carbons (Fsp3) is 0.364. The van der Waals surface area contributed by atoms with E-state index in [-0.39, 0.29) is 29.9 Å². The van der Waals surface area contributed by atoms with Gasteiger partial charge in [0.25, 0.3) is 5.69 Å². The summed E-state index contributed by atoms with van der Waals surface area (Å²) in [7, 11) is 0. The number of carbonyl (C=O) groups is 1. The highest BCUT2D eigenvalue weighted by atomic mass is 79.9. The molecule has 2 atom stereocenters. The van der Waals surface area contributed by atoms with E-state index in [0.717, 1.165) is 0 Å². The number of halogens is 1. The number of anilines is 1. The van der Waals surface area contributed by atoms with Gasteiger partial charge < -0.3 is 15.8 Å². The minimum absolute atomic E-state index is 0.150. The van der Waals surface area contributed by atoms with Gasteiger partial charge in [-0.15, -0.1) is 0 Å². The Bertz CT molecular complexity index is 523.